The van der Waals surface area contributed by atoms with Gasteiger partial charge in [0.2, 0.25) is 0 Å². The number of nitriles is 2. The number of anilines is 3. The Morgan fingerprint density at radius 2 is 1.32 bits per heavy atom. The summed E-state index contributed by atoms with van der Waals surface area (Å²) in [6.45, 7) is 3.91. The van der Waals surface area contributed by atoms with Crippen LogP contribution in [0.1, 0.15) is 25.8 Å². The molecule has 0 atom stereocenters. The highest BCUT2D eigenvalue weighted by Gasteiger charge is 2.27. The highest BCUT2D eigenvalue weighted by Crippen LogP contribution is 2.35. The first kappa shape index (κ1) is 22.6. The van der Waals surface area contributed by atoms with Crippen molar-refractivity contribution in [3.63, 3.8) is 0 Å². The third-order valence-electron chi connectivity index (χ3n) is 5.49. The van der Waals surface area contributed by atoms with Crippen LogP contribution in [0.4, 0.5) is 17.1 Å². The lowest BCUT2D eigenvalue weighted by Crippen LogP contribution is -2.27. The molecule has 0 saturated heterocycles. The van der Waals surface area contributed by atoms with Crippen molar-refractivity contribution < 1.29 is 4.74 Å². The molecule has 1 heterocycles. The topological polar surface area (TPSA) is 60.0 Å². The molecule has 0 radical (unpaired) electrons. The molecule has 4 rings (SSSR count). The highest BCUT2D eigenvalue weighted by molar-refractivity contribution is 5.77. The monoisotopic (exact) mass is 443 g/mol. The Bertz CT molecular complexity index is 1260. The maximum absolute atomic E-state index is 9.26. The van der Waals surface area contributed by atoms with Crippen molar-refractivity contribution in [3.05, 3.63) is 120 Å². The third-order valence-corrected chi connectivity index (χ3v) is 5.49. The Morgan fingerprint density at radius 1 is 0.794 bits per heavy atom. The minimum absolute atomic E-state index is 0.133. The van der Waals surface area contributed by atoms with Crippen LogP contribution in [0, 0.1) is 22.7 Å². The van der Waals surface area contributed by atoms with E-state index in [0.29, 0.717) is 17.8 Å². The van der Waals surface area contributed by atoms with Crippen molar-refractivity contribution in [1.82, 2.24) is 0 Å². The van der Waals surface area contributed by atoms with Crippen LogP contribution in [0.2, 0.25) is 0 Å². The number of para-hydroxylation sites is 2. The van der Waals surface area contributed by atoms with Crippen molar-refractivity contribution in [2.75, 3.05) is 4.90 Å². The van der Waals surface area contributed by atoms with E-state index in [9.17, 15) is 10.5 Å². The van der Waals surface area contributed by atoms with Crippen LogP contribution in [-0.2, 0) is 4.74 Å². The molecule has 0 aromatic heterocycles. The van der Waals surface area contributed by atoms with Gasteiger partial charge in [-0.15, -0.1) is 0 Å². The Hall–Kier alpha value is -4.54. The summed E-state index contributed by atoms with van der Waals surface area (Å²) in [4.78, 5) is 2.21. The Balaban J connectivity index is 1.62. The van der Waals surface area contributed by atoms with Gasteiger partial charge in [0.25, 0.3) is 0 Å². The summed E-state index contributed by atoms with van der Waals surface area (Å²) < 4.78 is 6.06. The van der Waals surface area contributed by atoms with Gasteiger partial charge in [-0.3, -0.25) is 0 Å². The SMILES string of the molecule is CC1(C)CC(=C(C#N)C#N)C=C(/C=C/c2ccc(N(c3ccccc3)c3ccccc3)cc2)O1. The Kier molecular flexibility index (Phi) is 6.62. The fraction of sp³-hybridized carbons (Fsp3) is 0.133. The van der Waals surface area contributed by atoms with E-state index in [0.717, 1.165) is 22.6 Å². The third kappa shape index (κ3) is 5.26. The van der Waals surface area contributed by atoms with Crippen LogP contribution in [0.15, 0.2) is 114 Å². The molecule has 0 unspecified atom stereocenters. The summed E-state index contributed by atoms with van der Waals surface area (Å²) in [5.74, 6) is 0.633. The number of allylic oxidation sites excluding steroid dienone is 3. The zero-order chi connectivity index (χ0) is 24.0. The molecule has 0 saturated carbocycles. The van der Waals surface area contributed by atoms with Crippen LogP contribution in [0.25, 0.3) is 6.08 Å². The Morgan fingerprint density at radius 3 is 1.85 bits per heavy atom. The molecule has 0 bridgehead atoms. The number of rotatable bonds is 5. The number of ether oxygens (including phenoxy) is 1. The van der Waals surface area contributed by atoms with Crippen molar-refractivity contribution in [2.24, 2.45) is 0 Å². The van der Waals surface area contributed by atoms with Crippen molar-refractivity contribution in [1.29, 1.82) is 10.5 Å². The molecule has 0 spiro atoms. The van der Waals surface area contributed by atoms with E-state index >= 15 is 0 Å². The van der Waals surface area contributed by atoms with E-state index in [1.807, 2.05) is 74.5 Å². The van der Waals surface area contributed by atoms with Gasteiger partial charge in [-0.05, 0) is 73.5 Å². The predicted octanol–water partition coefficient (Wildman–Crippen LogP) is 7.60. The first-order valence-electron chi connectivity index (χ1n) is 11.1. The minimum atomic E-state index is -0.488. The molecule has 1 aliphatic rings. The number of benzene rings is 3. The maximum Gasteiger partial charge on any atom is 0.133 e. The molecule has 166 valence electrons. The standard InChI is InChI=1S/C30H25N3O/c1-30(2)20-24(25(21-31)22-32)19-29(34-30)18-15-23-13-16-28(17-14-23)33(26-9-5-3-6-10-26)27-11-7-4-8-12-27/h3-19H,20H2,1-2H3/b18-15+. The van der Waals surface area contributed by atoms with Crippen LogP contribution in [0.3, 0.4) is 0 Å². The second-order valence-electron chi connectivity index (χ2n) is 8.64. The number of hydrogen-bond donors (Lipinski definition) is 0. The lowest BCUT2D eigenvalue weighted by Gasteiger charge is -2.31. The van der Waals surface area contributed by atoms with Gasteiger partial charge in [-0.2, -0.15) is 10.5 Å². The molecule has 0 fully saturated rings. The lowest BCUT2D eigenvalue weighted by atomic mass is 9.92. The summed E-state index contributed by atoms with van der Waals surface area (Å²) in [5, 5.41) is 18.5. The molecule has 1 aliphatic heterocycles. The van der Waals surface area contributed by atoms with E-state index in [4.69, 9.17) is 4.74 Å². The molecule has 0 amide bonds. The second kappa shape index (κ2) is 9.94. The van der Waals surface area contributed by atoms with Crippen LogP contribution in [-0.4, -0.2) is 5.60 Å². The van der Waals surface area contributed by atoms with Crippen LogP contribution >= 0.6 is 0 Å². The van der Waals surface area contributed by atoms with Gasteiger partial charge in [-0.25, -0.2) is 0 Å². The summed E-state index contributed by atoms with van der Waals surface area (Å²) in [6, 6.07) is 32.8. The van der Waals surface area contributed by atoms with E-state index in [1.165, 1.54) is 0 Å². The molecular formula is C30H25N3O. The molecular weight excluding hydrogens is 418 g/mol. The fourth-order valence-electron chi connectivity index (χ4n) is 3.99. The number of hydrogen-bond acceptors (Lipinski definition) is 4. The summed E-state index contributed by atoms with van der Waals surface area (Å²) in [7, 11) is 0. The van der Waals surface area contributed by atoms with E-state index in [1.54, 1.807) is 6.08 Å². The number of nitrogens with zero attached hydrogens (tertiary/aromatic N) is 3. The molecule has 0 N–H and O–H groups in total. The Labute approximate surface area is 201 Å². The van der Waals surface area contributed by atoms with Crippen LogP contribution < -0.4 is 4.90 Å². The van der Waals surface area contributed by atoms with E-state index in [2.05, 4.69) is 53.4 Å². The first-order chi connectivity index (χ1) is 16.5. The van der Waals surface area contributed by atoms with Crippen molar-refractivity contribution in [3.8, 4) is 12.1 Å². The summed E-state index contributed by atoms with van der Waals surface area (Å²) in [6.07, 6.45) is 6.16. The zero-order valence-corrected chi connectivity index (χ0v) is 19.3. The smallest absolute Gasteiger partial charge is 0.133 e. The molecule has 34 heavy (non-hydrogen) atoms. The molecule has 4 nitrogen and oxygen atoms in total. The molecule has 3 aromatic carbocycles. The van der Waals surface area contributed by atoms with Gasteiger partial charge in [0.1, 0.15) is 29.1 Å². The highest BCUT2D eigenvalue weighted by atomic mass is 16.5. The van der Waals surface area contributed by atoms with E-state index < -0.39 is 5.60 Å². The fourth-order valence-corrected chi connectivity index (χ4v) is 3.99. The van der Waals surface area contributed by atoms with Gasteiger partial charge in [-0.1, -0.05) is 54.6 Å². The van der Waals surface area contributed by atoms with E-state index in [-0.39, 0.29) is 5.57 Å². The lowest BCUT2D eigenvalue weighted by molar-refractivity contribution is 0.0356. The zero-order valence-electron chi connectivity index (χ0n) is 19.3. The first-order valence-corrected chi connectivity index (χ1v) is 11.1. The van der Waals surface area contributed by atoms with Gasteiger partial charge < -0.3 is 9.64 Å². The van der Waals surface area contributed by atoms with Gasteiger partial charge >= 0.3 is 0 Å². The van der Waals surface area contributed by atoms with Gasteiger partial charge in [0, 0.05) is 23.5 Å². The van der Waals surface area contributed by atoms with Crippen molar-refractivity contribution >= 4 is 23.1 Å². The summed E-state index contributed by atoms with van der Waals surface area (Å²) >= 11 is 0. The minimum Gasteiger partial charge on any atom is -0.488 e. The normalized spacial score (nSPS) is 14.5. The second-order valence-corrected chi connectivity index (χ2v) is 8.64. The molecule has 4 heteroatoms. The quantitative estimate of drug-likeness (QED) is 0.381. The van der Waals surface area contributed by atoms with Gasteiger partial charge in [0.05, 0.1) is 0 Å². The van der Waals surface area contributed by atoms with Gasteiger partial charge in [0.15, 0.2) is 0 Å². The molecule has 0 aliphatic carbocycles. The van der Waals surface area contributed by atoms with Crippen LogP contribution in [0.5, 0.6) is 0 Å². The average molecular weight is 444 g/mol. The average Bonchev–Trinajstić information content (AvgIpc) is 2.85. The summed E-state index contributed by atoms with van der Waals surface area (Å²) in [5.41, 5.74) is 4.60. The van der Waals surface area contributed by atoms with Crippen molar-refractivity contribution in [2.45, 2.75) is 25.9 Å². The maximum atomic E-state index is 9.26. The largest absolute Gasteiger partial charge is 0.488 e. The molecule has 3 aromatic rings. The predicted molar refractivity (Wildman–Crippen MR) is 136 cm³/mol.